The topological polar surface area (TPSA) is 88.5 Å². The Morgan fingerprint density at radius 3 is 2.62 bits per heavy atom. The Balaban J connectivity index is 2.46. The molecule has 0 aromatic carbocycles. The Kier molecular flexibility index (Phi) is 4.66. The molecular weight excluding hydrogens is 288 g/mol. The fourth-order valence-electron chi connectivity index (χ4n) is 1.72. The van der Waals surface area contributed by atoms with E-state index in [0.717, 1.165) is 28.8 Å². The SMILES string of the molecule is CCNc1nc(C(C)C)nc(Sc2n[nH]c(=O)n2C)c1C. The number of nitrogens with zero attached hydrogens (tertiary/aromatic N) is 4. The standard InChI is InChI=1S/C13H20N6OS/c1-6-14-10-8(4)11(16-9(15-10)7(2)3)21-13-18-17-12(20)19(13)5/h7H,6H2,1-5H3,(H,17,20)(H,14,15,16). The summed E-state index contributed by atoms with van der Waals surface area (Å²) in [6, 6.07) is 0. The largest absolute Gasteiger partial charge is 0.370 e. The van der Waals surface area contributed by atoms with Crippen LogP contribution < -0.4 is 11.0 Å². The first-order chi connectivity index (χ1) is 9.93. The molecule has 0 radical (unpaired) electrons. The predicted molar refractivity (Wildman–Crippen MR) is 83.0 cm³/mol. The molecule has 21 heavy (non-hydrogen) atoms. The van der Waals surface area contributed by atoms with E-state index >= 15 is 0 Å². The zero-order valence-corrected chi connectivity index (χ0v) is 13.7. The lowest BCUT2D eigenvalue weighted by Gasteiger charge is -2.14. The summed E-state index contributed by atoms with van der Waals surface area (Å²) in [6.45, 7) is 8.90. The zero-order chi connectivity index (χ0) is 15.6. The van der Waals surface area contributed by atoms with Crippen LogP contribution >= 0.6 is 11.8 Å². The van der Waals surface area contributed by atoms with Crippen molar-refractivity contribution in [2.45, 2.75) is 43.8 Å². The van der Waals surface area contributed by atoms with Crippen molar-refractivity contribution < 1.29 is 0 Å². The van der Waals surface area contributed by atoms with Gasteiger partial charge in [0, 0.05) is 25.1 Å². The molecule has 0 saturated carbocycles. The summed E-state index contributed by atoms with van der Waals surface area (Å²) in [5.74, 6) is 1.84. The first kappa shape index (κ1) is 15.6. The van der Waals surface area contributed by atoms with Gasteiger partial charge in [-0.25, -0.2) is 19.9 Å². The number of aromatic amines is 1. The van der Waals surface area contributed by atoms with Crippen LogP contribution in [0, 0.1) is 6.92 Å². The van der Waals surface area contributed by atoms with Gasteiger partial charge in [-0.15, -0.1) is 5.10 Å². The molecule has 2 aromatic rings. The van der Waals surface area contributed by atoms with Crippen LogP contribution in [0.25, 0.3) is 0 Å². The summed E-state index contributed by atoms with van der Waals surface area (Å²) in [4.78, 5) is 20.6. The smallest absolute Gasteiger partial charge is 0.343 e. The second kappa shape index (κ2) is 6.30. The molecule has 0 amide bonds. The first-order valence-corrected chi connectivity index (χ1v) is 7.67. The van der Waals surface area contributed by atoms with E-state index in [-0.39, 0.29) is 11.6 Å². The van der Waals surface area contributed by atoms with E-state index in [1.54, 1.807) is 7.05 Å². The van der Waals surface area contributed by atoms with Crippen molar-refractivity contribution in [3.05, 3.63) is 21.9 Å². The number of aromatic nitrogens is 5. The van der Waals surface area contributed by atoms with Crippen molar-refractivity contribution in [2.75, 3.05) is 11.9 Å². The van der Waals surface area contributed by atoms with Crippen LogP contribution in [0.1, 0.15) is 38.1 Å². The molecule has 7 nitrogen and oxygen atoms in total. The van der Waals surface area contributed by atoms with E-state index in [1.807, 2.05) is 13.8 Å². The Morgan fingerprint density at radius 2 is 2.10 bits per heavy atom. The normalized spacial score (nSPS) is 11.1. The number of hydrogen-bond donors (Lipinski definition) is 2. The molecular formula is C13H20N6OS. The minimum atomic E-state index is -0.236. The molecule has 0 saturated heterocycles. The maximum atomic E-state index is 11.4. The van der Waals surface area contributed by atoms with Gasteiger partial charge in [0.2, 0.25) is 0 Å². The van der Waals surface area contributed by atoms with E-state index in [4.69, 9.17) is 0 Å². The summed E-state index contributed by atoms with van der Waals surface area (Å²) in [6.07, 6.45) is 0. The summed E-state index contributed by atoms with van der Waals surface area (Å²) < 4.78 is 1.47. The molecule has 0 fully saturated rings. The number of hydrogen-bond acceptors (Lipinski definition) is 6. The van der Waals surface area contributed by atoms with Crippen LogP contribution in [0.2, 0.25) is 0 Å². The maximum absolute atomic E-state index is 11.4. The van der Waals surface area contributed by atoms with Crippen LogP contribution in [0.5, 0.6) is 0 Å². The van der Waals surface area contributed by atoms with Crippen LogP contribution in [0.4, 0.5) is 5.82 Å². The molecule has 0 atom stereocenters. The van der Waals surface area contributed by atoms with Gasteiger partial charge in [-0.05, 0) is 25.6 Å². The molecule has 0 bridgehead atoms. The lowest BCUT2D eigenvalue weighted by atomic mass is 10.2. The van der Waals surface area contributed by atoms with Gasteiger partial charge in [0.25, 0.3) is 0 Å². The third kappa shape index (κ3) is 3.26. The van der Waals surface area contributed by atoms with Crippen molar-refractivity contribution in [3.63, 3.8) is 0 Å². The van der Waals surface area contributed by atoms with Crippen LogP contribution in [-0.2, 0) is 7.05 Å². The quantitative estimate of drug-likeness (QED) is 0.820. The summed E-state index contributed by atoms with van der Waals surface area (Å²) >= 11 is 1.36. The number of rotatable bonds is 5. The van der Waals surface area contributed by atoms with Gasteiger partial charge in [-0.3, -0.25) is 4.57 Å². The minimum absolute atomic E-state index is 0.227. The Bertz CT molecular complexity index is 690. The first-order valence-electron chi connectivity index (χ1n) is 6.85. The van der Waals surface area contributed by atoms with Crippen LogP contribution in [0.15, 0.2) is 15.0 Å². The average Bonchev–Trinajstić information content (AvgIpc) is 2.75. The highest BCUT2D eigenvalue weighted by atomic mass is 32.2. The van der Waals surface area contributed by atoms with Gasteiger partial charge in [0.15, 0.2) is 5.16 Å². The second-order valence-electron chi connectivity index (χ2n) is 5.02. The summed E-state index contributed by atoms with van der Waals surface area (Å²) in [7, 11) is 1.68. The van der Waals surface area contributed by atoms with Crippen LogP contribution in [-0.4, -0.2) is 31.3 Å². The summed E-state index contributed by atoms with van der Waals surface area (Å²) in [5.41, 5.74) is 0.724. The van der Waals surface area contributed by atoms with E-state index in [1.165, 1.54) is 16.3 Å². The fourth-order valence-corrected chi connectivity index (χ4v) is 2.59. The highest BCUT2D eigenvalue weighted by Crippen LogP contribution is 2.30. The maximum Gasteiger partial charge on any atom is 0.343 e. The van der Waals surface area contributed by atoms with Gasteiger partial charge in [0.05, 0.1) is 0 Å². The second-order valence-corrected chi connectivity index (χ2v) is 5.97. The number of H-pyrrole nitrogens is 1. The van der Waals surface area contributed by atoms with E-state index in [2.05, 4.69) is 39.3 Å². The molecule has 0 aliphatic heterocycles. The molecule has 2 aromatic heterocycles. The fraction of sp³-hybridized carbons (Fsp3) is 0.538. The van der Waals surface area contributed by atoms with Crippen molar-refractivity contribution in [3.8, 4) is 0 Å². The molecule has 0 spiro atoms. The molecule has 8 heteroatoms. The van der Waals surface area contributed by atoms with E-state index in [9.17, 15) is 4.79 Å². The third-order valence-electron chi connectivity index (χ3n) is 3.01. The number of anilines is 1. The molecule has 2 rings (SSSR count). The van der Waals surface area contributed by atoms with Crippen molar-refractivity contribution in [1.29, 1.82) is 0 Å². The van der Waals surface area contributed by atoms with E-state index < -0.39 is 0 Å². The average molecular weight is 308 g/mol. The van der Waals surface area contributed by atoms with Gasteiger partial charge in [-0.1, -0.05) is 13.8 Å². The predicted octanol–water partition coefficient (Wildman–Crippen LogP) is 1.91. The molecule has 0 aliphatic rings. The van der Waals surface area contributed by atoms with Crippen molar-refractivity contribution in [1.82, 2.24) is 24.7 Å². The third-order valence-corrected chi connectivity index (χ3v) is 4.14. The monoisotopic (exact) mass is 308 g/mol. The van der Waals surface area contributed by atoms with Gasteiger partial charge < -0.3 is 5.32 Å². The van der Waals surface area contributed by atoms with Crippen molar-refractivity contribution in [2.24, 2.45) is 7.05 Å². The van der Waals surface area contributed by atoms with Gasteiger partial charge in [-0.2, -0.15) is 0 Å². The minimum Gasteiger partial charge on any atom is -0.370 e. The molecule has 2 heterocycles. The lowest BCUT2D eigenvalue weighted by molar-refractivity contribution is 0.741. The molecule has 0 aliphatic carbocycles. The van der Waals surface area contributed by atoms with Gasteiger partial charge >= 0.3 is 5.69 Å². The molecule has 2 N–H and O–H groups in total. The zero-order valence-electron chi connectivity index (χ0n) is 12.9. The highest BCUT2D eigenvalue weighted by Gasteiger charge is 2.16. The Hall–Kier alpha value is -1.83. The van der Waals surface area contributed by atoms with Gasteiger partial charge in [0.1, 0.15) is 16.7 Å². The molecule has 114 valence electrons. The van der Waals surface area contributed by atoms with Crippen LogP contribution in [0.3, 0.4) is 0 Å². The Morgan fingerprint density at radius 1 is 1.38 bits per heavy atom. The summed E-state index contributed by atoms with van der Waals surface area (Å²) in [5, 5.41) is 11.1. The lowest BCUT2D eigenvalue weighted by Crippen LogP contribution is -2.13. The van der Waals surface area contributed by atoms with E-state index in [0.29, 0.717) is 5.16 Å². The highest BCUT2D eigenvalue weighted by molar-refractivity contribution is 7.99. The Labute approximate surface area is 127 Å². The van der Waals surface area contributed by atoms with Crippen molar-refractivity contribution >= 4 is 17.6 Å². The number of nitrogens with one attached hydrogen (secondary N) is 2. The molecule has 0 unspecified atom stereocenters.